The Kier molecular flexibility index (Phi) is 1.99. The van der Waals surface area contributed by atoms with Crippen LogP contribution in [0.15, 0.2) is 12.4 Å². The molecule has 12 heavy (non-hydrogen) atoms. The molecule has 0 bridgehead atoms. The molecule has 0 radical (unpaired) electrons. The van der Waals surface area contributed by atoms with Gasteiger partial charge in [-0.1, -0.05) is 0 Å². The van der Waals surface area contributed by atoms with Gasteiger partial charge in [-0.15, -0.1) is 0 Å². The third-order valence-electron chi connectivity index (χ3n) is 2.01. The summed E-state index contributed by atoms with van der Waals surface area (Å²) in [4.78, 5) is 7.82. The molecule has 1 unspecified atom stereocenters. The molecule has 0 aliphatic carbocycles. The highest BCUT2D eigenvalue weighted by Gasteiger charge is 2.18. The first-order valence-corrected chi connectivity index (χ1v) is 4.07. The van der Waals surface area contributed by atoms with E-state index >= 15 is 0 Å². The number of aromatic nitrogens is 2. The lowest BCUT2D eigenvalue weighted by molar-refractivity contribution is 0.573. The van der Waals surface area contributed by atoms with Crippen LogP contribution in [0.2, 0.25) is 0 Å². The highest BCUT2D eigenvalue weighted by atomic mass is 19.1. The van der Waals surface area contributed by atoms with Gasteiger partial charge < -0.3 is 5.32 Å². The Bertz CT molecular complexity index is 254. The fraction of sp³-hybridized carbons (Fsp3) is 0.500. The predicted octanol–water partition coefficient (Wildman–Crippen LogP) is 1.04. The summed E-state index contributed by atoms with van der Waals surface area (Å²) in [6.07, 6.45) is 4.61. The lowest BCUT2D eigenvalue weighted by atomic mass is 10.2. The average molecular weight is 167 g/mol. The van der Waals surface area contributed by atoms with E-state index < -0.39 is 0 Å². The Morgan fingerprint density at radius 2 is 2.17 bits per heavy atom. The van der Waals surface area contributed by atoms with Crippen LogP contribution in [0.3, 0.4) is 0 Å². The van der Waals surface area contributed by atoms with E-state index in [1.165, 1.54) is 12.4 Å². The summed E-state index contributed by atoms with van der Waals surface area (Å²) in [5.74, 6) is 0.325. The monoisotopic (exact) mass is 167 g/mol. The topological polar surface area (TPSA) is 37.8 Å². The summed E-state index contributed by atoms with van der Waals surface area (Å²) in [7, 11) is 0. The summed E-state index contributed by atoms with van der Waals surface area (Å²) in [5, 5.41) is 3.24. The minimum absolute atomic E-state index is 0.227. The number of hydrogen-bond donors (Lipinski definition) is 1. The standard InChI is InChI=1S/C8H10FN3/c9-6-4-11-8(12-5-6)7-2-1-3-10-7/h4-5,7,10H,1-3H2. The van der Waals surface area contributed by atoms with Gasteiger partial charge in [-0.25, -0.2) is 14.4 Å². The molecule has 1 atom stereocenters. The molecule has 64 valence electrons. The number of nitrogens with zero attached hydrogens (tertiary/aromatic N) is 2. The molecule has 1 N–H and O–H groups in total. The van der Waals surface area contributed by atoms with Gasteiger partial charge in [-0.3, -0.25) is 0 Å². The Labute approximate surface area is 70.0 Å². The zero-order valence-electron chi connectivity index (χ0n) is 6.63. The van der Waals surface area contributed by atoms with E-state index in [4.69, 9.17) is 0 Å². The van der Waals surface area contributed by atoms with Gasteiger partial charge >= 0.3 is 0 Å². The van der Waals surface area contributed by atoms with Crippen molar-refractivity contribution in [3.05, 3.63) is 24.0 Å². The molecule has 0 amide bonds. The lowest BCUT2D eigenvalue weighted by Gasteiger charge is -2.06. The van der Waals surface area contributed by atoms with Gasteiger partial charge in [-0.2, -0.15) is 0 Å². The van der Waals surface area contributed by atoms with E-state index in [1.54, 1.807) is 0 Å². The maximum absolute atomic E-state index is 12.4. The van der Waals surface area contributed by atoms with Crippen molar-refractivity contribution in [1.82, 2.24) is 15.3 Å². The van der Waals surface area contributed by atoms with E-state index in [0.29, 0.717) is 5.82 Å². The van der Waals surface area contributed by atoms with Crippen LogP contribution >= 0.6 is 0 Å². The molecule has 1 fully saturated rings. The van der Waals surface area contributed by atoms with Crippen LogP contribution in [0.1, 0.15) is 24.7 Å². The van der Waals surface area contributed by atoms with Crippen LogP contribution in [-0.2, 0) is 0 Å². The van der Waals surface area contributed by atoms with Crippen LogP contribution in [0.4, 0.5) is 4.39 Å². The molecule has 0 spiro atoms. The summed E-state index contributed by atoms with van der Waals surface area (Å²) in [6.45, 7) is 1.01. The van der Waals surface area contributed by atoms with E-state index in [9.17, 15) is 4.39 Å². The Hall–Kier alpha value is -1.03. The van der Waals surface area contributed by atoms with Gasteiger partial charge in [0.1, 0.15) is 5.82 Å². The van der Waals surface area contributed by atoms with E-state index in [1.807, 2.05) is 0 Å². The van der Waals surface area contributed by atoms with Gasteiger partial charge in [-0.05, 0) is 19.4 Å². The molecular weight excluding hydrogens is 157 g/mol. The largest absolute Gasteiger partial charge is 0.307 e. The molecule has 4 heteroatoms. The summed E-state index contributed by atoms with van der Waals surface area (Å²) >= 11 is 0. The molecule has 2 rings (SSSR count). The Morgan fingerprint density at radius 1 is 1.42 bits per heavy atom. The molecule has 1 aromatic heterocycles. The van der Waals surface area contributed by atoms with Crippen molar-refractivity contribution in [2.24, 2.45) is 0 Å². The summed E-state index contributed by atoms with van der Waals surface area (Å²) in [5.41, 5.74) is 0. The van der Waals surface area contributed by atoms with Gasteiger partial charge in [0.2, 0.25) is 0 Å². The molecule has 1 aromatic rings. The van der Waals surface area contributed by atoms with Gasteiger partial charge in [0.15, 0.2) is 5.82 Å². The van der Waals surface area contributed by atoms with E-state index in [0.717, 1.165) is 19.4 Å². The normalized spacial score (nSPS) is 22.9. The number of halogens is 1. The quantitative estimate of drug-likeness (QED) is 0.679. The Balaban J connectivity index is 2.17. The smallest absolute Gasteiger partial charge is 0.159 e. The van der Waals surface area contributed by atoms with Crippen molar-refractivity contribution in [1.29, 1.82) is 0 Å². The average Bonchev–Trinajstić information content (AvgIpc) is 2.58. The third-order valence-corrected chi connectivity index (χ3v) is 2.01. The van der Waals surface area contributed by atoms with Gasteiger partial charge in [0.25, 0.3) is 0 Å². The van der Waals surface area contributed by atoms with Crippen molar-refractivity contribution in [3.63, 3.8) is 0 Å². The number of rotatable bonds is 1. The van der Waals surface area contributed by atoms with E-state index in [-0.39, 0.29) is 11.9 Å². The molecule has 1 aliphatic rings. The third kappa shape index (κ3) is 1.43. The van der Waals surface area contributed by atoms with Crippen molar-refractivity contribution >= 4 is 0 Å². The van der Waals surface area contributed by atoms with Crippen LogP contribution in [0.5, 0.6) is 0 Å². The minimum Gasteiger partial charge on any atom is -0.307 e. The molecule has 0 saturated carbocycles. The molecule has 1 aliphatic heterocycles. The zero-order chi connectivity index (χ0) is 8.39. The van der Waals surface area contributed by atoms with Gasteiger partial charge in [0, 0.05) is 0 Å². The van der Waals surface area contributed by atoms with Crippen molar-refractivity contribution in [2.45, 2.75) is 18.9 Å². The van der Waals surface area contributed by atoms with Gasteiger partial charge in [0.05, 0.1) is 18.4 Å². The SMILES string of the molecule is Fc1cnc(C2CCCN2)nc1. The van der Waals surface area contributed by atoms with Crippen molar-refractivity contribution in [2.75, 3.05) is 6.54 Å². The second kappa shape index (κ2) is 3.15. The second-order valence-electron chi connectivity index (χ2n) is 2.91. The predicted molar refractivity (Wildman–Crippen MR) is 42.0 cm³/mol. The summed E-state index contributed by atoms with van der Waals surface area (Å²) < 4.78 is 12.4. The van der Waals surface area contributed by atoms with Crippen molar-refractivity contribution in [3.8, 4) is 0 Å². The summed E-state index contributed by atoms with van der Waals surface area (Å²) in [6, 6.07) is 0.227. The van der Waals surface area contributed by atoms with Crippen LogP contribution < -0.4 is 5.32 Å². The fourth-order valence-electron chi connectivity index (χ4n) is 1.41. The first-order chi connectivity index (χ1) is 5.86. The molecular formula is C8H10FN3. The highest BCUT2D eigenvalue weighted by Crippen LogP contribution is 2.18. The first-order valence-electron chi connectivity index (χ1n) is 4.07. The van der Waals surface area contributed by atoms with Crippen LogP contribution in [-0.4, -0.2) is 16.5 Å². The molecule has 1 saturated heterocycles. The first kappa shape index (κ1) is 7.61. The number of nitrogens with one attached hydrogen (secondary N) is 1. The highest BCUT2D eigenvalue weighted by molar-refractivity contribution is 4.99. The number of hydrogen-bond acceptors (Lipinski definition) is 3. The molecule has 3 nitrogen and oxygen atoms in total. The van der Waals surface area contributed by atoms with Crippen LogP contribution in [0.25, 0.3) is 0 Å². The Morgan fingerprint density at radius 3 is 2.75 bits per heavy atom. The second-order valence-corrected chi connectivity index (χ2v) is 2.91. The fourth-order valence-corrected chi connectivity index (χ4v) is 1.41. The van der Waals surface area contributed by atoms with Crippen molar-refractivity contribution < 1.29 is 4.39 Å². The molecule has 2 heterocycles. The molecule has 0 aromatic carbocycles. The minimum atomic E-state index is -0.378. The maximum Gasteiger partial charge on any atom is 0.159 e. The lowest BCUT2D eigenvalue weighted by Crippen LogP contribution is -2.15. The zero-order valence-corrected chi connectivity index (χ0v) is 6.63. The van der Waals surface area contributed by atoms with Crippen LogP contribution in [0, 0.1) is 5.82 Å². The maximum atomic E-state index is 12.4. The van der Waals surface area contributed by atoms with E-state index in [2.05, 4.69) is 15.3 Å².